The van der Waals surface area contributed by atoms with Crippen molar-refractivity contribution in [1.29, 1.82) is 0 Å². The van der Waals surface area contributed by atoms with Gasteiger partial charge in [-0.05, 0) is 44.0 Å². The van der Waals surface area contributed by atoms with Gasteiger partial charge in [-0.1, -0.05) is 12.1 Å². The number of para-hydroxylation sites is 2. The quantitative estimate of drug-likeness (QED) is 0.352. The first-order valence-electron chi connectivity index (χ1n) is 10.9. The largest absolute Gasteiger partial charge is 0.495 e. The zero-order valence-electron chi connectivity index (χ0n) is 18.5. The van der Waals surface area contributed by atoms with Gasteiger partial charge < -0.3 is 31.7 Å². The Morgan fingerprint density at radius 1 is 1.09 bits per heavy atom. The summed E-state index contributed by atoms with van der Waals surface area (Å²) < 4.78 is 5.35. The Morgan fingerprint density at radius 3 is 2.64 bits per heavy atom. The van der Waals surface area contributed by atoms with Crippen molar-refractivity contribution in [2.75, 3.05) is 48.4 Å². The smallest absolute Gasteiger partial charge is 0.259 e. The maximum atomic E-state index is 13.1. The molecule has 10 nitrogen and oxygen atoms in total. The average molecular weight is 449 g/mol. The van der Waals surface area contributed by atoms with Crippen LogP contribution in [0, 0.1) is 5.92 Å². The molecule has 1 aromatic carbocycles. The fourth-order valence-electron chi connectivity index (χ4n) is 3.66. The first-order chi connectivity index (χ1) is 16.1. The third-order valence-electron chi connectivity index (χ3n) is 5.47. The summed E-state index contributed by atoms with van der Waals surface area (Å²) >= 11 is 0. The molecule has 0 aliphatic carbocycles. The molecule has 6 N–H and O–H groups in total. The molecule has 4 rings (SSSR count). The van der Waals surface area contributed by atoms with Crippen LogP contribution in [0.1, 0.15) is 23.2 Å². The van der Waals surface area contributed by atoms with E-state index in [0.717, 1.165) is 32.5 Å². The summed E-state index contributed by atoms with van der Waals surface area (Å²) in [6, 6.07) is 9.08. The molecule has 1 aliphatic rings. The van der Waals surface area contributed by atoms with Crippen molar-refractivity contribution in [1.82, 2.24) is 20.3 Å². The van der Waals surface area contributed by atoms with Gasteiger partial charge in [0, 0.05) is 18.8 Å². The zero-order chi connectivity index (χ0) is 23.0. The predicted molar refractivity (Wildman–Crippen MR) is 129 cm³/mol. The maximum Gasteiger partial charge on any atom is 0.259 e. The molecule has 3 aromatic rings. The summed E-state index contributed by atoms with van der Waals surface area (Å²) in [5.74, 6) is 2.22. The molecule has 0 radical (unpaired) electrons. The topological polar surface area (TPSA) is 139 Å². The molecular weight excluding hydrogens is 420 g/mol. The van der Waals surface area contributed by atoms with Gasteiger partial charge in [-0.25, -0.2) is 15.0 Å². The van der Waals surface area contributed by atoms with Crippen LogP contribution in [-0.2, 0) is 0 Å². The normalized spacial score (nSPS) is 13.8. The third-order valence-corrected chi connectivity index (χ3v) is 5.47. The monoisotopic (exact) mass is 448 g/mol. The van der Waals surface area contributed by atoms with Gasteiger partial charge in [0.05, 0.1) is 36.4 Å². The number of piperidine rings is 1. The van der Waals surface area contributed by atoms with Crippen molar-refractivity contribution in [3.05, 3.63) is 54.5 Å². The Kier molecular flexibility index (Phi) is 7.16. The van der Waals surface area contributed by atoms with Gasteiger partial charge in [0.15, 0.2) is 0 Å². The number of nitrogens with zero attached hydrogens (tertiary/aromatic N) is 3. The second-order valence-electron chi connectivity index (χ2n) is 7.80. The van der Waals surface area contributed by atoms with Gasteiger partial charge in [0.2, 0.25) is 0 Å². The van der Waals surface area contributed by atoms with Crippen molar-refractivity contribution in [2.24, 2.45) is 5.92 Å². The van der Waals surface area contributed by atoms with Gasteiger partial charge >= 0.3 is 0 Å². The second-order valence-corrected chi connectivity index (χ2v) is 7.80. The SMILES string of the molecule is COc1ccccc1NC(=O)c1cnc(Nc2cnc(N)cn2)cc1NCC1CCNCC1. The van der Waals surface area contributed by atoms with Gasteiger partial charge in [0.25, 0.3) is 5.91 Å². The lowest BCUT2D eigenvalue weighted by Crippen LogP contribution is -2.31. The molecule has 1 amide bonds. The van der Waals surface area contributed by atoms with Crippen LogP contribution in [0.2, 0.25) is 0 Å². The van der Waals surface area contributed by atoms with Crippen molar-refractivity contribution < 1.29 is 9.53 Å². The van der Waals surface area contributed by atoms with Crippen molar-refractivity contribution in [3.63, 3.8) is 0 Å². The Morgan fingerprint density at radius 2 is 1.88 bits per heavy atom. The molecule has 1 fully saturated rings. The summed E-state index contributed by atoms with van der Waals surface area (Å²) in [5, 5.41) is 12.9. The molecule has 3 heterocycles. The first-order valence-corrected chi connectivity index (χ1v) is 10.9. The van der Waals surface area contributed by atoms with Crippen LogP contribution in [0.15, 0.2) is 48.9 Å². The second kappa shape index (κ2) is 10.6. The highest BCUT2D eigenvalue weighted by atomic mass is 16.5. The number of nitrogens with two attached hydrogens (primary N) is 1. The minimum Gasteiger partial charge on any atom is -0.495 e. The van der Waals surface area contributed by atoms with Crippen LogP contribution in [0.3, 0.4) is 0 Å². The van der Waals surface area contributed by atoms with Crippen LogP contribution in [0.5, 0.6) is 5.75 Å². The number of anilines is 5. The van der Waals surface area contributed by atoms with E-state index in [1.807, 2.05) is 12.1 Å². The predicted octanol–water partition coefficient (Wildman–Crippen LogP) is 2.87. The van der Waals surface area contributed by atoms with E-state index < -0.39 is 0 Å². The van der Waals surface area contributed by atoms with Crippen LogP contribution in [0.4, 0.5) is 28.8 Å². The highest BCUT2D eigenvalue weighted by molar-refractivity contribution is 6.08. The van der Waals surface area contributed by atoms with Crippen LogP contribution >= 0.6 is 0 Å². The van der Waals surface area contributed by atoms with E-state index >= 15 is 0 Å². The minimum atomic E-state index is -0.279. The van der Waals surface area contributed by atoms with Gasteiger partial charge in [-0.15, -0.1) is 0 Å². The Balaban J connectivity index is 1.56. The lowest BCUT2D eigenvalue weighted by Gasteiger charge is -2.24. The Labute approximate surface area is 192 Å². The van der Waals surface area contributed by atoms with E-state index in [1.54, 1.807) is 31.5 Å². The molecule has 33 heavy (non-hydrogen) atoms. The van der Waals surface area contributed by atoms with Gasteiger partial charge in [-0.2, -0.15) is 0 Å². The van der Waals surface area contributed by atoms with Crippen molar-refractivity contribution in [3.8, 4) is 5.75 Å². The zero-order valence-corrected chi connectivity index (χ0v) is 18.5. The minimum absolute atomic E-state index is 0.279. The number of methoxy groups -OCH3 is 1. The Bertz CT molecular complexity index is 1080. The number of ether oxygens (including phenoxy) is 1. The van der Waals surface area contributed by atoms with E-state index in [0.29, 0.717) is 46.1 Å². The third kappa shape index (κ3) is 5.86. The highest BCUT2D eigenvalue weighted by Gasteiger charge is 2.18. The molecule has 0 spiro atoms. The molecule has 0 atom stereocenters. The molecule has 0 unspecified atom stereocenters. The number of amides is 1. The van der Waals surface area contributed by atoms with E-state index in [2.05, 4.69) is 36.2 Å². The number of hydrogen-bond acceptors (Lipinski definition) is 9. The lowest BCUT2D eigenvalue weighted by atomic mass is 9.98. The number of benzene rings is 1. The molecule has 1 saturated heterocycles. The van der Waals surface area contributed by atoms with E-state index in [9.17, 15) is 4.79 Å². The number of pyridine rings is 1. The molecule has 2 aromatic heterocycles. The number of carbonyl (C=O) groups excluding carboxylic acids is 1. The fraction of sp³-hybridized carbons (Fsp3) is 0.304. The summed E-state index contributed by atoms with van der Waals surface area (Å²) in [6.45, 7) is 2.78. The molecule has 0 saturated carbocycles. The van der Waals surface area contributed by atoms with Crippen molar-refractivity contribution >= 4 is 34.7 Å². The van der Waals surface area contributed by atoms with Gasteiger partial charge in [-0.3, -0.25) is 4.79 Å². The molecule has 172 valence electrons. The van der Waals surface area contributed by atoms with Crippen LogP contribution in [0.25, 0.3) is 0 Å². The number of nitrogens with one attached hydrogen (secondary N) is 4. The molecular formula is C23H28N8O2. The standard InChI is InChI=1S/C23H28N8O2/c1-33-19-5-3-2-4-17(19)30-23(32)16-12-28-21(31-22-14-27-20(24)13-29-22)10-18(16)26-11-15-6-8-25-9-7-15/h2-5,10,12-15,25H,6-9,11H2,1H3,(H2,24,27)(H,30,32)(H2,26,28,29,31). The summed E-state index contributed by atoms with van der Waals surface area (Å²) in [6.07, 6.45) is 6.72. The number of nitrogen functional groups attached to an aromatic ring is 1. The Hall–Kier alpha value is -3.92. The summed E-state index contributed by atoms with van der Waals surface area (Å²) in [5.41, 5.74) is 7.31. The summed E-state index contributed by atoms with van der Waals surface area (Å²) in [7, 11) is 1.57. The fourth-order valence-corrected chi connectivity index (χ4v) is 3.66. The van der Waals surface area contributed by atoms with Crippen LogP contribution < -0.4 is 31.7 Å². The first kappa shape index (κ1) is 22.3. The molecule has 1 aliphatic heterocycles. The number of rotatable bonds is 8. The lowest BCUT2D eigenvalue weighted by molar-refractivity contribution is 0.102. The molecule has 10 heteroatoms. The van der Waals surface area contributed by atoms with Crippen LogP contribution in [-0.4, -0.2) is 47.6 Å². The number of aromatic nitrogens is 3. The number of hydrogen-bond donors (Lipinski definition) is 5. The maximum absolute atomic E-state index is 13.1. The highest BCUT2D eigenvalue weighted by Crippen LogP contribution is 2.27. The summed E-state index contributed by atoms with van der Waals surface area (Å²) in [4.78, 5) is 25.8. The molecule has 0 bridgehead atoms. The number of carbonyl (C=O) groups is 1. The van der Waals surface area contributed by atoms with E-state index in [4.69, 9.17) is 10.5 Å². The van der Waals surface area contributed by atoms with E-state index in [1.165, 1.54) is 12.4 Å². The van der Waals surface area contributed by atoms with Gasteiger partial charge in [0.1, 0.15) is 23.2 Å². The average Bonchev–Trinajstić information content (AvgIpc) is 2.85. The van der Waals surface area contributed by atoms with Crippen molar-refractivity contribution in [2.45, 2.75) is 12.8 Å². The van der Waals surface area contributed by atoms with E-state index in [-0.39, 0.29) is 5.91 Å².